The highest BCUT2D eigenvalue weighted by molar-refractivity contribution is 7.85. The molecule has 0 spiro atoms. The van der Waals surface area contributed by atoms with Crippen molar-refractivity contribution in [2.45, 2.75) is 25.7 Å². The summed E-state index contributed by atoms with van der Waals surface area (Å²) >= 11 is 0. The van der Waals surface area contributed by atoms with Crippen molar-refractivity contribution < 1.29 is 17.8 Å². The maximum absolute atomic E-state index is 11.7. The van der Waals surface area contributed by atoms with Crippen LogP contribution in [0, 0.1) is 12.8 Å². The molecule has 0 bridgehead atoms. The lowest BCUT2D eigenvalue weighted by Crippen LogP contribution is -2.17. The zero-order valence-electron chi connectivity index (χ0n) is 12.0. The molecule has 0 aliphatic carbocycles. The third-order valence-corrected chi connectivity index (χ3v) is 4.05. The van der Waals surface area contributed by atoms with Gasteiger partial charge in [0.05, 0.1) is 4.90 Å². The first kappa shape index (κ1) is 15.5. The zero-order valence-corrected chi connectivity index (χ0v) is 12.9. The molecule has 6 heteroatoms. The minimum Gasteiger partial charge on any atom is -0.326 e. The van der Waals surface area contributed by atoms with E-state index in [1.807, 2.05) is 6.07 Å². The van der Waals surface area contributed by atoms with Crippen molar-refractivity contribution in [1.29, 1.82) is 0 Å². The monoisotopic (exact) mass is 307 g/mol. The van der Waals surface area contributed by atoms with E-state index in [1.54, 1.807) is 32.9 Å². The van der Waals surface area contributed by atoms with E-state index in [0.717, 1.165) is 10.9 Å². The van der Waals surface area contributed by atoms with E-state index in [4.69, 9.17) is 4.55 Å². The zero-order chi connectivity index (χ0) is 15.8. The number of amides is 1. The summed E-state index contributed by atoms with van der Waals surface area (Å²) in [6.45, 7) is 5.34. The fraction of sp³-hybridized carbons (Fsp3) is 0.267. The Labute approximate surface area is 123 Å². The normalized spacial score (nSPS) is 11.9. The molecule has 21 heavy (non-hydrogen) atoms. The molecule has 5 nitrogen and oxygen atoms in total. The lowest BCUT2D eigenvalue weighted by molar-refractivity contribution is -0.118. The fourth-order valence-corrected chi connectivity index (χ4v) is 2.64. The van der Waals surface area contributed by atoms with Gasteiger partial charge in [0.1, 0.15) is 0 Å². The van der Waals surface area contributed by atoms with E-state index in [1.165, 1.54) is 12.1 Å². The van der Waals surface area contributed by atoms with Gasteiger partial charge in [0.25, 0.3) is 10.1 Å². The van der Waals surface area contributed by atoms with Crippen LogP contribution in [-0.4, -0.2) is 18.9 Å². The van der Waals surface area contributed by atoms with Gasteiger partial charge in [-0.2, -0.15) is 8.42 Å². The summed E-state index contributed by atoms with van der Waals surface area (Å²) in [4.78, 5) is 11.5. The molecule has 0 saturated heterocycles. The molecule has 0 heterocycles. The number of anilines is 1. The molecule has 0 aliphatic rings. The topological polar surface area (TPSA) is 83.5 Å². The van der Waals surface area contributed by atoms with Crippen LogP contribution in [0.3, 0.4) is 0 Å². The molecule has 2 aromatic carbocycles. The Morgan fingerprint density at radius 3 is 2.43 bits per heavy atom. The van der Waals surface area contributed by atoms with Gasteiger partial charge in [-0.1, -0.05) is 19.9 Å². The first-order valence-corrected chi connectivity index (χ1v) is 7.95. The molecule has 2 rings (SSSR count). The molecule has 0 saturated carbocycles. The van der Waals surface area contributed by atoms with Gasteiger partial charge in [-0.15, -0.1) is 0 Å². The van der Waals surface area contributed by atoms with Crippen LogP contribution in [0.15, 0.2) is 35.2 Å². The molecule has 1 amide bonds. The number of nitrogens with one attached hydrogen (secondary N) is 1. The maximum atomic E-state index is 11.7. The highest BCUT2D eigenvalue weighted by Gasteiger charge is 2.13. The molecule has 0 atom stereocenters. The number of fused-ring (bicyclic) bond motifs is 1. The van der Waals surface area contributed by atoms with Crippen LogP contribution in [0.4, 0.5) is 5.69 Å². The van der Waals surface area contributed by atoms with Crippen LogP contribution in [0.2, 0.25) is 0 Å². The van der Waals surface area contributed by atoms with Crippen molar-refractivity contribution in [2.75, 3.05) is 5.32 Å². The predicted octanol–water partition coefficient (Wildman–Crippen LogP) is 2.99. The number of hydrogen-bond donors (Lipinski definition) is 2. The van der Waals surface area contributed by atoms with E-state index < -0.39 is 10.1 Å². The molecule has 0 fully saturated rings. The Morgan fingerprint density at radius 1 is 1.19 bits per heavy atom. The fourth-order valence-electron chi connectivity index (χ4n) is 2.04. The minimum absolute atomic E-state index is 0.114. The largest absolute Gasteiger partial charge is 0.326 e. The summed E-state index contributed by atoms with van der Waals surface area (Å²) in [7, 11) is -4.25. The summed E-state index contributed by atoms with van der Waals surface area (Å²) in [5.41, 5.74) is 1.33. The van der Waals surface area contributed by atoms with E-state index >= 15 is 0 Å². The van der Waals surface area contributed by atoms with Crippen LogP contribution >= 0.6 is 0 Å². The molecule has 0 radical (unpaired) electrons. The summed E-state index contributed by atoms with van der Waals surface area (Å²) in [6, 6.07) is 8.08. The second-order valence-electron chi connectivity index (χ2n) is 5.30. The van der Waals surface area contributed by atoms with Gasteiger partial charge < -0.3 is 5.32 Å². The van der Waals surface area contributed by atoms with Crippen molar-refractivity contribution in [3.8, 4) is 0 Å². The molecule has 2 aromatic rings. The van der Waals surface area contributed by atoms with Gasteiger partial charge in [-0.25, -0.2) is 0 Å². The van der Waals surface area contributed by atoms with Crippen LogP contribution < -0.4 is 5.32 Å². The molecule has 0 unspecified atom stereocenters. The summed E-state index contributed by atoms with van der Waals surface area (Å²) in [5, 5.41) is 4.27. The molecule has 0 aromatic heterocycles. The van der Waals surface area contributed by atoms with Gasteiger partial charge in [0.2, 0.25) is 5.91 Å². The third-order valence-electron chi connectivity index (χ3n) is 3.22. The second kappa shape index (κ2) is 5.46. The van der Waals surface area contributed by atoms with Crippen molar-refractivity contribution in [3.63, 3.8) is 0 Å². The number of benzene rings is 2. The standard InChI is InChI=1S/C15H17NO4S/c1-9(2)15(17)16-12-4-5-14-10(3)6-13(21(18,19)20)8-11(14)7-12/h4-9H,1-3H3,(H,16,17)(H,18,19,20). The number of rotatable bonds is 3. The van der Waals surface area contributed by atoms with E-state index in [-0.39, 0.29) is 16.7 Å². The summed E-state index contributed by atoms with van der Waals surface area (Å²) < 4.78 is 31.7. The van der Waals surface area contributed by atoms with Crippen LogP contribution in [-0.2, 0) is 14.9 Å². The first-order valence-electron chi connectivity index (χ1n) is 6.51. The maximum Gasteiger partial charge on any atom is 0.294 e. The van der Waals surface area contributed by atoms with Gasteiger partial charge in [-0.05, 0) is 47.5 Å². The second-order valence-corrected chi connectivity index (χ2v) is 6.72. The van der Waals surface area contributed by atoms with Crippen molar-refractivity contribution >= 4 is 32.5 Å². The smallest absolute Gasteiger partial charge is 0.294 e. The Morgan fingerprint density at radius 2 is 1.86 bits per heavy atom. The van der Waals surface area contributed by atoms with E-state index in [9.17, 15) is 13.2 Å². The Kier molecular flexibility index (Phi) is 4.02. The molecule has 2 N–H and O–H groups in total. The van der Waals surface area contributed by atoms with E-state index in [2.05, 4.69) is 5.32 Å². The number of hydrogen-bond acceptors (Lipinski definition) is 3. The van der Waals surface area contributed by atoms with Crippen LogP contribution in [0.5, 0.6) is 0 Å². The van der Waals surface area contributed by atoms with Crippen LogP contribution in [0.25, 0.3) is 10.8 Å². The van der Waals surface area contributed by atoms with Gasteiger partial charge >= 0.3 is 0 Å². The predicted molar refractivity (Wildman–Crippen MR) is 82.0 cm³/mol. The lowest BCUT2D eigenvalue weighted by Gasteiger charge is -2.10. The van der Waals surface area contributed by atoms with Crippen molar-refractivity contribution in [3.05, 3.63) is 35.9 Å². The molecular weight excluding hydrogens is 290 g/mol. The molecule has 112 valence electrons. The quantitative estimate of drug-likeness (QED) is 0.854. The van der Waals surface area contributed by atoms with Crippen LogP contribution in [0.1, 0.15) is 19.4 Å². The Hall–Kier alpha value is -1.92. The number of carbonyl (C=O) groups excluding carboxylic acids is 1. The van der Waals surface area contributed by atoms with Gasteiger partial charge in [0, 0.05) is 11.6 Å². The number of carbonyl (C=O) groups is 1. The van der Waals surface area contributed by atoms with Gasteiger partial charge in [0.15, 0.2) is 0 Å². The summed E-state index contributed by atoms with van der Waals surface area (Å²) in [5.74, 6) is -0.261. The highest BCUT2D eigenvalue weighted by atomic mass is 32.2. The molecule has 0 aliphatic heterocycles. The average molecular weight is 307 g/mol. The SMILES string of the molecule is Cc1cc(S(=O)(=O)O)cc2cc(NC(=O)C(C)C)ccc12. The average Bonchev–Trinajstić information content (AvgIpc) is 2.37. The third kappa shape index (κ3) is 3.40. The highest BCUT2D eigenvalue weighted by Crippen LogP contribution is 2.26. The first-order chi connectivity index (χ1) is 9.68. The Balaban J connectivity index is 2.53. The summed E-state index contributed by atoms with van der Waals surface area (Å²) in [6.07, 6.45) is 0. The lowest BCUT2D eigenvalue weighted by atomic mass is 10.0. The van der Waals surface area contributed by atoms with E-state index in [0.29, 0.717) is 11.1 Å². The number of aryl methyl sites for hydroxylation is 1. The minimum atomic E-state index is -4.25. The Bertz CT molecular complexity index is 810. The van der Waals surface area contributed by atoms with Gasteiger partial charge in [-0.3, -0.25) is 9.35 Å². The van der Waals surface area contributed by atoms with Crippen molar-refractivity contribution in [1.82, 2.24) is 0 Å². The molecular formula is C15H17NO4S. The van der Waals surface area contributed by atoms with Crippen molar-refractivity contribution in [2.24, 2.45) is 5.92 Å².